The second-order valence-corrected chi connectivity index (χ2v) is 6.96. The summed E-state index contributed by atoms with van der Waals surface area (Å²) in [7, 11) is 4.99. The molecule has 8 heteroatoms. The lowest BCUT2D eigenvalue weighted by atomic mass is 10.0. The molecule has 1 aliphatic rings. The minimum absolute atomic E-state index is 0.121. The van der Waals surface area contributed by atoms with Gasteiger partial charge in [0.1, 0.15) is 17.6 Å². The maximum absolute atomic E-state index is 12.6. The van der Waals surface area contributed by atoms with Crippen LogP contribution in [0.25, 0.3) is 11.3 Å². The fraction of sp³-hybridized carbons (Fsp3) is 0.318. The molecule has 1 saturated heterocycles. The molecule has 0 amide bonds. The van der Waals surface area contributed by atoms with Crippen molar-refractivity contribution in [2.24, 2.45) is 7.05 Å². The molecule has 0 aliphatic carbocycles. The van der Waals surface area contributed by atoms with E-state index in [2.05, 4.69) is 9.88 Å². The lowest BCUT2D eigenvalue weighted by Gasteiger charge is -2.35. The number of morpholine rings is 1. The molecule has 0 radical (unpaired) electrons. The molecule has 1 aromatic carbocycles. The summed E-state index contributed by atoms with van der Waals surface area (Å²) in [6.45, 7) is 1.62. The van der Waals surface area contributed by atoms with Gasteiger partial charge in [-0.1, -0.05) is 6.07 Å². The number of ether oxygens (including phenoxy) is 3. The molecule has 1 atom stereocenters. The number of rotatable bonds is 5. The summed E-state index contributed by atoms with van der Waals surface area (Å²) in [4.78, 5) is 23.5. The van der Waals surface area contributed by atoms with Crippen molar-refractivity contribution >= 4 is 5.95 Å². The highest BCUT2D eigenvalue weighted by Crippen LogP contribution is 2.38. The lowest BCUT2D eigenvalue weighted by Crippen LogP contribution is -2.42. The molecular formula is C22H24N4O4. The molecule has 156 valence electrons. The van der Waals surface area contributed by atoms with Crippen LogP contribution in [0.2, 0.25) is 0 Å². The first-order chi connectivity index (χ1) is 14.6. The number of methoxy groups -OCH3 is 2. The molecule has 0 bridgehead atoms. The molecule has 0 unspecified atom stereocenters. The van der Waals surface area contributed by atoms with Crippen molar-refractivity contribution in [3.63, 3.8) is 0 Å². The Morgan fingerprint density at radius 1 is 1.10 bits per heavy atom. The quantitative estimate of drug-likeness (QED) is 0.642. The molecule has 0 N–H and O–H groups in total. The van der Waals surface area contributed by atoms with Gasteiger partial charge in [-0.2, -0.15) is 0 Å². The van der Waals surface area contributed by atoms with Crippen LogP contribution < -0.4 is 19.9 Å². The highest BCUT2D eigenvalue weighted by molar-refractivity contribution is 5.59. The monoisotopic (exact) mass is 408 g/mol. The van der Waals surface area contributed by atoms with Crippen molar-refractivity contribution in [2.75, 3.05) is 38.8 Å². The Morgan fingerprint density at radius 3 is 2.47 bits per heavy atom. The maximum Gasteiger partial charge on any atom is 0.255 e. The van der Waals surface area contributed by atoms with Crippen LogP contribution in [0, 0.1) is 0 Å². The largest absolute Gasteiger partial charge is 0.496 e. The summed E-state index contributed by atoms with van der Waals surface area (Å²) in [6, 6.07) is 10.9. The number of hydrogen-bond donors (Lipinski definition) is 0. The van der Waals surface area contributed by atoms with Crippen LogP contribution in [0.1, 0.15) is 11.7 Å². The Morgan fingerprint density at radius 2 is 1.80 bits per heavy atom. The molecular weight excluding hydrogens is 384 g/mol. The van der Waals surface area contributed by atoms with E-state index in [0.717, 1.165) is 11.1 Å². The molecule has 0 spiro atoms. The van der Waals surface area contributed by atoms with Crippen molar-refractivity contribution in [1.82, 2.24) is 14.5 Å². The summed E-state index contributed by atoms with van der Waals surface area (Å²) in [5.74, 6) is 2.00. The minimum Gasteiger partial charge on any atom is -0.496 e. The average molecular weight is 408 g/mol. The SMILES string of the molecule is COc1cccc(OC)c1[C@@H]1CN(c2nc(-c3ccncc3)cc(=O)n2C)CCO1. The smallest absolute Gasteiger partial charge is 0.255 e. The average Bonchev–Trinajstić information content (AvgIpc) is 2.80. The number of hydrogen-bond acceptors (Lipinski definition) is 7. The summed E-state index contributed by atoms with van der Waals surface area (Å²) < 4.78 is 18.7. The zero-order chi connectivity index (χ0) is 21.1. The Kier molecular flexibility index (Phi) is 5.67. The van der Waals surface area contributed by atoms with Crippen molar-refractivity contribution in [3.8, 4) is 22.8 Å². The van der Waals surface area contributed by atoms with Crippen molar-refractivity contribution in [3.05, 3.63) is 64.7 Å². The lowest BCUT2D eigenvalue weighted by molar-refractivity contribution is 0.0358. The third-order valence-electron chi connectivity index (χ3n) is 5.22. The van der Waals surface area contributed by atoms with Crippen LogP contribution in [0.15, 0.2) is 53.6 Å². The third-order valence-corrected chi connectivity index (χ3v) is 5.22. The molecule has 0 saturated carbocycles. The van der Waals surface area contributed by atoms with E-state index >= 15 is 0 Å². The van der Waals surface area contributed by atoms with E-state index in [-0.39, 0.29) is 11.7 Å². The topological polar surface area (TPSA) is 78.7 Å². The van der Waals surface area contributed by atoms with Gasteiger partial charge < -0.3 is 19.1 Å². The minimum atomic E-state index is -0.286. The van der Waals surface area contributed by atoms with Gasteiger partial charge in [0.2, 0.25) is 5.95 Å². The Labute approximate surface area is 174 Å². The van der Waals surface area contributed by atoms with E-state index in [4.69, 9.17) is 19.2 Å². The van der Waals surface area contributed by atoms with Gasteiger partial charge in [-0.25, -0.2) is 4.98 Å². The second-order valence-electron chi connectivity index (χ2n) is 6.96. The fourth-order valence-electron chi connectivity index (χ4n) is 3.68. The first-order valence-corrected chi connectivity index (χ1v) is 9.68. The molecule has 30 heavy (non-hydrogen) atoms. The van der Waals surface area contributed by atoms with Gasteiger partial charge in [0.25, 0.3) is 5.56 Å². The van der Waals surface area contributed by atoms with Crippen LogP contribution >= 0.6 is 0 Å². The first-order valence-electron chi connectivity index (χ1n) is 9.68. The number of pyridine rings is 1. The first kappa shape index (κ1) is 19.9. The van der Waals surface area contributed by atoms with Crippen LogP contribution in [-0.4, -0.2) is 48.5 Å². The van der Waals surface area contributed by atoms with Gasteiger partial charge >= 0.3 is 0 Å². The van der Waals surface area contributed by atoms with Gasteiger partial charge in [-0.15, -0.1) is 0 Å². The predicted octanol–water partition coefficient (Wildman–Crippen LogP) is 2.44. The number of aromatic nitrogens is 3. The third kappa shape index (κ3) is 3.73. The Hall–Kier alpha value is -3.39. The van der Waals surface area contributed by atoms with Crippen LogP contribution in [0.5, 0.6) is 11.5 Å². The van der Waals surface area contributed by atoms with Gasteiger partial charge in [-0.05, 0) is 24.3 Å². The van der Waals surface area contributed by atoms with Crippen LogP contribution in [0.4, 0.5) is 5.95 Å². The molecule has 2 aromatic heterocycles. The Balaban J connectivity index is 1.71. The molecule has 3 aromatic rings. The molecule has 1 fully saturated rings. The molecule has 4 rings (SSSR count). The maximum atomic E-state index is 12.6. The highest BCUT2D eigenvalue weighted by Gasteiger charge is 2.29. The highest BCUT2D eigenvalue weighted by atomic mass is 16.5. The predicted molar refractivity (Wildman–Crippen MR) is 113 cm³/mol. The van der Waals surface area contributed by atoms with E-state index in [1.165, 1.54) is 0 Å². The number of nitrogens with zero attached hydrogens (tertiary/aromatic N) is 4. The van der Waals surface area contributed by atoms with Crippen molar-refractivity contribution < 1.29 is 14.2 Å². The normalized spacial score (nSPS) is 16.4. The zero-order valence-electron chi connectivity index (χ0n) is 17.2. The second kappa shape index (κ2) is 8.54. The van der Waals surface area contributed by atoms with E-state index < -0.39 is 0 Å². The summed E-state index contributed by atoms with van der Waals surface area (Å²) >= 11 is 0. The molecule has 8 nitrogen and oxygen atoms in total. The van der Waals surface area contributed by atoms with Crippen LogP contribution in [-0.2, 0) is 11.8 Å². The van der Waals surface area contributed by atoms with E-state index in [9.17, 15) is 4.79 Å². The number of anilines is 1. The van der Waals surface area contributed by atoms with Gasteiger partial charge in [0, 0.05) is 37.6 Å². The van der Waals surface area contributed by atoms with Gasteiger partial charge in [0.05, 0.1) is 38.6 Å². The summed E-state index contributed by atoms with van der Waals surface area (Å²) in [5, 5.41) is 0. The Bertz CT molecular complexity index is 1060. The van der Waals surface area contributed by atoms with Gasteiger partial charge in [-0.3, -0.25) is 14.3 Å². The zero-order valence-corrected chi connectivity index (χ0v) is 17.2. The van der Waals surface area contributed by atoms with Gasteiger partial charge in [0.15, 0.2) is 0 Å². The van der Waals surface area contributed by atoms with E-state index in [0.29, 0.717) is 42.8 Å². The van der Waals surface area contributed by atoms with Crippen molar-refractivity contribution in [2.45, 2.75) is 6.10 Å². The fourth-order valence-corrected chi connectivity index (χ4v) is 3.68. The molecule has 1 aliphatic heterocycles. The summed E-state index contributed by atoms with van der Waals surface area (Å²) in [5.41, 5.74) is 2.20. The number of benzene rings is 1. The van der Waals surface area contributed by atoms with Crippen molar-refractivity contribution in [1.29, 1.82) is 0 Å². The van der Waals surface area contributed by atoms with E-state index in [1.807, 2.05) is 30.3 Å². The van der Waals surface area contributed by atoms with E-state index in [1.54, 1.807) is 44.3 Å². The summed E-state index contributed by atoms with van der Waals surface area (Å²) in [6.07, 6.45) is 3.09. The standard InChI is InChI=1S/C22H24N4O4/c1-25-20(27)13-16(15-7-9-23-10-8-15)24-22(25)26-11-12-30-19(14-26)21-17(28-2)5-4-6-18(21)29-3/h4-10,13,19H,11-12,14H2,1-3H3/t19-/m0/s1. The van der Waals surface area contributed by atoms with Crippen LogP contribution in [0.3, 0.4) is 0 Å². The molecule has 3 heterocycles.